The average Bonchev–Trinajstić information content (AvgIpc) is 3.41. The van der Waals surface area contributed by atoms with E-state index >= 15 is 0 Å². The van der Waals surface area contributed by atoms with Crippen molar-refractivity contribution in [2.75, 3.05) is 40.9 Å². The Balaban J connectivity index is 5.00. The van der Waals surface area contributed by atoms with E-state index in [2.05, 4.69) is 62.5 Å². The minimum absolute atomic E-state index is 0.0201. The van der Waals surface area contributed by atoms with Crippen LogP contribution in [0.4, 0.5) is 0 Å². The number of hydrogen-bond donors (Lipinski definition) is 1. The van der Waals surface area contributed by atoms with Gasteiger partial charge in [-0.05, 0) is 70.3 Å². The number of rotatable bonds is 62. The Morgan fingerprint density at radius 3 is 1.18 bits per heavy atom. The van der Waals surface area contributed by atoms with Crippen LogP contribution < -0.4 is 10.2 Å². The summed E-state index contributed by atoms with van der Waals surface area (Å²) in [6, 6.07) is -0.885. The molecule has 0 aliphatic rings. The van der Waals surface area contributed by atoms with Crippen molar-refractivity contribution in [2.45, 2.75) is 341 Å². The molecule has 0 saturated carbocycles. The lowest BCUT2D eigenvalue weighted by Gasteiger charge is -2.30. The Labute approximate surface area is 490 Å². The maximum atomic E-state index is 13.5. The van der Waals surface area contributed by atoms with Gasteiger partial charge in [0.2, 0.25) is 5.91 Å². The van der Waals surface area contributed by atoms with E-state index in [1.807, 2.05) is 33.3 Å². The van der Waals surface area contributed by atoms with Gasteiger partial charge in [-0.2, -0.15) is 0 Å². The number of carbonyl (C=O) groups is 2. The normalized spacial score (nSPS) is 13.9. The van der Waals surface area contributed by atoms with Gasteiger partial charge in [0.05, 0.1) is 33.8 Å². The third kappa shape index (κ3) is 60.4. The van der Waals surface area contributed by atoms with Crippen molar-refractivity contribution in [1.82, 2.24) is 5.32 Å². The second-order valence-corrected chi connectivity index (χ2v) is 25.7. The molecule has 0 aliphatic carbocycles. The zero-order chi connectivity index (χ0) is 57.9. The summed E-state index contributed by atoms with van der Waals surface area (Å²) < 4.78 is 30.4. The van der Waals surface area contributed by atoms with Crippen LogP contribution in [0, 0.1) is 0 Å². The van der Waals surface area contributed by atoms with Crippen molar-refractivity contribution >= 4 is 19.7 Å². The number of carbonyl (C=O) groups excluding carboxylic acids is 2. The van der Waals surface area contributed by atoms with Gasteiger partial charge in [0.15, 0.2) is 0 Å². The number of nitrogens with zero attached hydrogens (tertiary/aromatic N) is 1. The summed E-state index contributed by atoms with van der Waals surface area (Å²) in [5, 5.41) is 3.04. The zero-order valence-electron chi connectivity index (χ0n) is 53.1. The van der Waals surface area contributed by atoms with E-state index in [1.165, 1.54) is 225 Å². The number of likely N-dealkylation sites (N-methyl/N-ethyl adjacent to an activating group) is 1. The number of unbranched alkanes of at least 4 members (excludes halogenated alkanes) is 40. The van der Waals surface area contributed by atoms with Crippen molar-refractivity contribution in [3.8, 4) is 0 Å². The molecule has 1 N–H and O–H groups in total. The van der Waals surface area contributed by atoms with Gasteiger partial charge in [-0.15, -0.1) is 0 Å². The van der Waals surface area contributed by atoms with E-state index in [9.17, 15) is 19.0 Å². The van der Waals surface area contributed by atoms with Crippen LogP contribution in [-0.4, -0.2) is 69.4 Å². The Hall–Kier alpha value is -2.03. The molecule has 1 amide bonds. The molecular formula is C69H131N2O7P. The SMILES string of the molecule is CCCCC/C=C\C/C=C\C/C=C\CCCCCCCCCCCCCCCCC(=O)OC(/C=C\CCCCCCCCCCCC)C(COP(=O)([O-])OCC[N+](C)(C)C)NC(=O)CCCCCCCCCCCCCCCC. The lowest BCUT2D eigenvalue weighted by atomic mass is 10.0. The summed E-state index contributed by atoms with van der Waals surface area (Å²) in [5.41, 5.74) is 0. The molecule has 0 fully saturated rings. The lowest BCUT2D eigenvalue weighted by molar-refractivity contribution is -0.870. The average molecular weight is 1130 g/mol. The second-order valence-electron chi connectivity index (χ2n) is 24.3. The molecule has 0 spiro atoms. The number of hydrogen-bond acceptors (Lipinski definition) is 7. The number of nitrogens with one attached hydrogen (secondary N) is 1. The van der Waals surface area contributed by atoms with Crippen molar-refractivity contribution in [3.63, 3.8) is 0 Å². The fourth-order valence-electron chi connectivity index (χ4n) is 10.0. The highest BCUT2D eigenvalue weighted by atomic mass is 31.2. The fraction of sp³-hybridized carbons (Fsp3) is 0.855. The first-order chi connectivity index (χ1) is 38.4. The van der Waals surface area contributed by atoms with E-state index in [0.717, 1.165) is 70.6 Å². The fourth-order valence-corrected chi connectivity index (χ4v) is 10.7. The third-order valence-corrected chi connectivity index (χ3v) is 16.2. The molecule has 9 nitrogen and oxygen atoms in total. The number of quaternary nitrogens is 1. The van der Waals surface area contributed by atoms with Crippen molar-refractivity contribution in [1.29, 1.82) is 0 Å². The first kappa shape index (κ1) is 77.0. The highest BCUT2D eigenvalue weighted by Gasteiger charge is 2.27. The van der Waals surface area contributed by atoms with Gasteiger partial charge < -0.3 is 28.5 Å². The number of ether oxygens (including phenoxy) is 1. The molecule has 0 bridgehead atoms. The van der Waals surface area contributed by atoms with Crippen LogP contribution in [0.3, 0.4) is 0 Å². The predicted molar refractivity (Wildman–Crippen MR) is 339 cm³/mol. The molecule has 10 heteroatoms. The van der Waals surface area contributed by atoms with Crippen molar-refractivity contribution < 1.29 is 37.3 Å². The first-order valence-corrected chi connectivity index (χ1v) is 35.4. The number of phosphoric ester groups is 1. The number of esters is 1. The summed E-state index contributed by atoms with van der Waals surface area (Å²) in [5.74, 6) is -0.527. The molecule has 79 heavy (non-hydrogen) atoms. The van der Waals surface area contributed by atoms with Gasteiger partial charge >= 0.3 is 5.97 Å². The van der Waals surface area contributed by atoms with Gasteiger partial charge in [0.1, 0.15) is 19.3 Å². The topological polar surface area (TPSA) is 114 Å². The van der Waals surface area contributed by atoms with Gasteiger partial charge in [-0.1, -0.05) is 294 Å². The zero-order valence-corrected chi connectivity index (χ0v) is 54.0. The van der Waals surface area contributed by atoms with Gasteiger partial charge in [0.25, 0.3) is 7.82 Å². The molecular weight excluding hydrogens is 1000 g/mol. The van der Waals surface area contributed by atoms with E-state index < -0.39 is 20.0 Å². The Morgan fingerprint density at radius 1 is 0.443 bits per heavy atom. The van der Waals surface area contributed by atoms with Crippen LogP contribution >= 0.6 is 7.82 Å². The first-order valence-electron chi connectivity index (χ1n) is 33.9. The van der Waals surface area contributed by atoms with E-state index in [4.69, 9.17) is 13.8 Å². The summed E-state index contributed by atoms with van der Waals surface area (Å²) in [6.45, 7) is 6.85. The Kier molecular flexibility index (Phi) is 57.6. The molecule has 3 atom stereocenters. The van der Waals surface area contributed by atoms with Crippen LogP contribution in [-0.2, 0) is 27.9 Å². The molecule has 0 aliphatic heterocycles. The standard InChI is InChI=1S/C69H131N2O7P/c1-7-10-13-16-19-22-25-28-30-31-32-33-34-35-36-37-38-39-40-41-42-44-47-50-53-56-59-62-69(73)78-67(60-57-54-51-48-45-27-24-21-18-15-12-9-3)66(65-77-79(74,75)76-64-63-71(4,5)6)70-68(72)61-58-55-52-49-46-43-29-26-23-20-17-14-11-8-2/h19,22,28,30,32-33,57,60,66-67H,7-18,20-21,23-27,29,31,34-56,58-59,61-65H2,1-6H3,(H-,70,72,74,75)/b22-19-,30-28-,33-32-,60-57-. The Morgan fingerprint density at radius 2 is 0.772 bits per heavy atom. The predicted octanol–water partition coefficient (Wildman–Crippen LogP) is 20.6. The van der Waals surface area contributed by atoms with Crippen LogP contribution in [0.15, 0.2) is 48.6 Å². The van der Waals surface area contributed by atoms with E-state index in [-0.39, 0.29) is 31.5 Å². The van der Waals surface area contributed by atoms with Crippen LogP contribution in [0.2, 0.25) is 0 Å². The molecule has 0 aromatic carbocycles. The second kappa shape index (κ2) is 59.1. The number of allylic oxidation sites excluding steroid dienone is 7. The van der Waals surface area contributed by atoms with Gasteiger partial charge in [-0.25, -0.2) is 0 Å². The van der Waals surface area contributed by atoms with E-state index in [1.54, 1.807) is 0 Å². The van der Waals surface area contributed by atoms with Crippen molar-refractivity contribution in [3.05, 3.63) is 48.6 Å². The monoisotopic (exact) mass is 1130 g/mol. The quantitative estimate of drug-likeness (QED) is 0.0212. The molecule has 0 rings (SSSR count). The maximum absolute atomic E-state index is 13.5. The minimum Gasteiger partial charge on any atom is -0.756 e. The lowest BCUT2D eigenvalue weighted by Crippen LogP contribution is -2.47. The minimum atomic E-state index is -4.70. The van der Waals surface area contributed by atoms with Crippen molar-refractivity contribution in [2.24, 2.45) is 0 Å². The van der Waals surface area contributed by atoms with Crippen LogP contribution in [0.5, 0.6) is 0 Å². The molecule has 0 aromatic rings. The molecule has 0 aromatic heterocycles. The molecule has 0 saturated heterocycles. The van der Waals surface area contributed by atoms with Gasteiger partial charge in [0, 0.05) is 12.8 Å². The molecule has 0 radical (unpaired) electrons. The van der Waals surface area contributed by atoms with E-state index in [0.29, 0.717) is 17.4 Å². The van der Waals surface area contributed by atoms with Crippen LogP contribution in [0.1, 0.15) is 329 Å². The Bertz CT molecular complexity index is 1490. The summed E-state index contributed by atoms with van der Waals surface area (Å²) in [7, 11) is 1.20. The van der Waals surface area contributed by atoms with Crippen LogP contribution in [0.25, 0.3) is 0 Å². The highest BCUT2D eigenvalue weighted by Crippen LogP contribution is 2.38. The van der Waals surface area contributed by atoms with Gasteiger partial charge in [-0.3, -0.25) is 14.2 Å². The summed E-state index contributed by atoms with van der Waals surface area (Å²) in [4.78, 5) is 40.0. The third-order valence-electron chi connectivity index (χ3n) is 15.3. The number of phosphoric acid groups is 1. The number of amides is 1. The molecule has 0 heterocycles. The highest BCUT2D eigenvalue weighted by molar-refractivity contribution is 7.45. The largest absolute Gasteiger partial charge is 0.756 e. The smallest absolute Gasteiger partial charge is 0.306 e. The maximum Gasteiger partial charge on any atom is 0.306 e. The molecule has 464 valence electrons. The molecule has 3 unspecified atom stereocenters. The summed E-state index contributed by atoms with van der Waals surface area (Å²) >= 11 is 0. The summed E-state index contributed by atoms with van der Waals surface area (Å²) in [6.07, 6.45) is 73.7.